The standard InChI is InChI=1S/C20H40B4N4/c1-13-21-25(17(5)6)22(14-2)27(19(9)10)24(16-4)28(20(11)12)23(15-3)26(21)18(7)8/h13-20H,1-4H2,5-12H3. The first-order valence-corrected chi connectivity index (χ1v) is 10.7. The van der Waals surface area contributed by atoms with Gasteiger partial charge in [-0.05, 0) is 24.2 Å². The summed E-state index contributed by atoms with van der Waals surface area (Å²) in [6, 6.07) is 1.26. The number of hydrogen-bond donors (Lipinski definition) is 0. The smallest absolute Gasteiger partial charge is 0.318 e. The molecule has 0 bridgehead atoms. The van der Waals surface area contributed by atoms with Gasteiger partial charge in [0.1, 0.15) is 0 Å². The lowest BCUT2D eigenvalue weighted by Crippen LogP contribution is -2.79. The van der Waals surface area contributed by atoms with Gasteiger partial charge in [0, 0.05) is 0 Å². The molecule has 1 aliphatic heterocycles. The molecule has 0 atom stereocenters. The predicted octanol–water partition coefficient (Wildman–Crippen LogP) is 3.70. The van der Waals surface area contributed by atoms with Crippen LogP contribution in [0.3, 0.4) is 0 Å². The maximum atomic E-state index is 4.23. The lowest BCUT2D eigenvalue weighted by Gasteiger charge is -2.56. The molecule has 4 nitrogen and oxygen atoms in total. The summed E-state index contributed by atoms with van der Waals surface area (Å²) in [4.78, 5) is 0. The topological polar surface area (TPSA) is 13.0 Å². The average Bonchev–Trinajstić information content (AvgIpc) is 2.60. The molecule has 152 valence electrons. The van der Waals surface area contributed by atoms with Crippen molar-refractivity contribution in [1.82, 2.24) is 18.9 Å². The molecular formula is C20H40B4N4. The maximum Gasteiger partial charge on any atom is 0.318 e. The molecule has 1 fully saturated rings. The fourth-order valence-corrected chi connectivity index (χ4v) is 4.66. The second-order valence-corrected chi connectivity index (χ2v) is 8.76. The van der Waals surface area contributed by atoms with Gasteiger partial charge in [-0.2, -0.15) is 0 Å². The zero-order valence-electron chi connectivity index (χ0n) is 19.5. The Morgan fingerprint density at radius 3 is 0.643 bits per heavy atom. The van der Waals surface area contributed by atoms with Crippen molar-refractivity contribution in [2.45, 2.75) is 79.6 Å². The molecule has 0 aromatic carbocycles. The van der Waals surface area contributed by atoms with Gasteiger partial charge in [-0.25, -0.2) is 0 Å². The Bertz CT molecular complexity index is 440. The van der Waals surface area contributed by atoms with E-state index in [-0.39, 0.29) is 27.9 Å². The minimum atomic E-state index is 0.0549. The summed E-state index contributed by atoms with van der Waals surface area (Å²) < 4.78 is 10.0. The van der Waals surface area contributed by atoms with Crippen molar-refractivity contribution in [2.24, 2.45) is 0 Å². The maximum absolute atomic E-state index is 4.23. The molecular weight excluding hydrogens is 339 g/mol. The van der Waals surface area contributed by atoms with Gasteiger partial charge >= 0.3 is 27.9 Å². The van der Waals surface area contributed by atoms with E-state index in [1.165, 1.54) is 0 Å². The lowest BCUT2D eigenvalue weighted by molar-refractivity contribution is 0.358. The van der Waals surface area contributed by atoms with Crippen molar-refractivity contribution in [3.63, 3.8) is 0 Å². The van der Waals surface area contributed by atoms with Crippen LogP contribution in [0.4, 0.5) is 0 Å². The van der Waals surface area contributed by atoms with Crippen LogP contribution in [0.15, 0.2) is 50.2 Å². The third-order valence-electron chi connectivity index (χ3n) is 5.67. The van der Waals surface area contributed by atoms with Crippen LogP contribution in [0.25, 0.3) is 0 Å². The summed E-state index contributed by atoms with van der Waals surface area (Å²) in [5.74, 6) is 8.27. The Labute approximate surface area is 176 Å². The largest absolute Gasteiger partial charge is 0.347 e. The molecule has 28 heavy (non-hydrogen) atoms. The van der Waals surface area contributed by atoms with Crippen LogP contribution in [0, 0.1) is 0 Å². The Kier molecular flexibility index (Phi) is 9.61. The van der Waals surface area contributed by atoms with E-state index in [0.717, 1.165) is 0 Å². The van der Waals surface area contributed by atoms with Crippen LogP contribution in [-0.4, -0.2) is 71.0 Å². The molecule has 0 aliphatic carbocycles. The van der Waals surface area contributed by atoms with E-state index >= 15 is 0 Å². The molecule has 0 unspecified atom stereocenters. The van der Waals surface area contributed by atoms with Crippen LogP contribution in [0.1, 0.15) is 55.4 Å². The summed E-state index contributed by atoms with van der Waals surface area (Å²) in [6.07, 6.45) is 0. The van der Waals surface area contributed by atoms with Crippen LogP contribution in [0.5, 0.6) is 0 Å². The first kappa shape index (κ1) is 25.1. The van der Waals surface area contributed by atoms with Gasteiger partial charge in [0.15, 0.2) is 0 Å². The zero-order valence-corrected chi connectivity index (χ0v) is 19.5. The number of rotatable bonds is 8. The minimum absolute atomic E-state index is 0.0549. The highest BCUT2D eigenvalue weighted by Crippen LogP contribution is 2.27. The second-order valence-electron chi connectivity index (χ2n) is 8.76. The molecule has 0 aromatic rings. The molecule has 0 aromatic heterocycles. The minimum Gasteiger partial charge on any atom is -0.347 e. The Morgan fingerprint density at radius 2 is 0.571 bits per heavy atom. The van der Waals surface area contributed by atoms with E-state index in [1.54, 1.807) is 0 Å². The van der Waals surface area contributed by atoms with Gasteiger partial charge in [-0.1, -0.05) is 79.3 Å². The van der Waals surface area contributed by atoms with E-state index in [0.29, 0.717) is 24.2 Å². The van der Waals surface area contributed by atoms with Gasteiger partial charge in [0.2, 0.25) is 0 Å². The van der Waals surface area contributed by atoms with E-state index in [2.05, 4.69) is 124 Å². The van der Waals surface area contributed by atoms with Crippen LogP contribution >= 0.6 is 0 Å². The first-order valence-electron chi connectivity index (χ1n) is 10.7. The molecule has 0 N–H and O–H groups in total. The van der Waals surface area contributed by atoms with Crippen LogP contribution in [0.2, 0.25) is 0 Å². The Balaban J connectivity index is 3.87. The van der Waals surface area contributed by atoms with E-state index in [9.17, 15) is 0 Å². The van der Waals surface area contributed by atoms with Gasteiger partial charge in [-0.15, -0.1) is 26.3 Å². The summed E-state index contributed by atoms with van der Waals surface area (Å²) in [6.45, 7) is 35.1. The second kappa shape index (κ2) is 10.7. The quantitative estimate of drug-likeness (QED) is 0.596. The van der Waals surface area contributed by atoms with E-state index in [4.69, 9.17) is 0 Å². The molecule has 1 rings (SSSR count). The van der Waals surface area contributed by atoms with Gasteiger partial charge in [0.05, 0.1) is 0 Å². The highest BCUT2D eigenvalue weighted by Gasteiger charge is 2.51. The van der Waals surface area contributed by atoms with Crippen molar-refractivity contribution in [1.29, 1.82) is 0 Å². The van der Waals surface area contributed by atoms with Crippen molar-refractivity contribution < 1.29 is 0 Å². The van der Waals surface area contributed by atoms with Crippen molar-refractivity contribution in [3.8, 4) is 0 Å². The summed E-state index contributed by atoms with van der Waals surface area (Å²) in [5, 5.41) is 0. The summed E-state index contributed by atoms with van der Waals surface area (Å²) >= 11 is 0. The molecule has 0 saturated carbocycles. The Hall–Kier alpha value is -0.940. The molecule has 1 heterocycles. The zero-order chi connectivity index (χ0) is 21.8. The average molecular weight is 380 g/mol. The molecule has 1 saturated heterocycles. The number of hydrogen-bond acceptors (Lipinski definition) is 4. The van der Waals surface area contributed by atoms with Crippen LogP contribution < -0.4 is 0 Å². The van der Waals surface area contributed by atoms with Crippen molar-refractivity contribution in [2.75, 3.05) is 0 Å². The fraction of sp³-hybridized carbons (Fsp3) is 0.600. The Morgan fingerprint density at radius 1 is 0.429 bits per heavy atom. The summed E-state index contributed by atoms with van der Waals surface area (Å²) in [5.41, 5.74) is 0. The van der Waals surface area contributed by atoms with Crippen molar-refractivity contribution >= 4 is 27.9 Å². The normalized spacial score (nSPS) is 19.0. The third-order valence-corrected chi connectivity index (χ3v) is 5.67. The first-order chi connectivity index (χ1) is 13.1. The van der Waals surface area contributed by atoms with Gasteiger partial charge < -0.3 is 18.9 Å². The summed E-state index contributed by atoms with van der Waals surface area (Å²) in [7, 11) is 0. The molecule has 8 heteroatoms. The van der Waals surface area contributed by atoms with E-state index in [1.807, 2.05) is 0 Å². The molecule has 0 amide bonds. The van der Waals surface area contributed by atoms with Crippen LogP contribution in [-0.2, 0) is 0 Å². The highest BCUT2D eigenvalue weighted by molar-refractivity contribution is 6.91. The van der Waals surface area contributed by atoms with E-state index < -0.39 is 0 Å². The van der Waals surface area contributed by atoms with Gasteiger partial charge in [0.25, 0.3) is 0 Å². The number of nitrogens with zero attached hydrogens (tertiary/aromatic N) is 4. The monoisotopic (exact) mass is 380 g/mol. The molecule has 0 spiro atoms. The van der Waals surface area contributed by atoms with Crippen molar-refractivity contribution in [3.05, 3.63) is 50.2 Å². The highest BCUT2D eigenvalue weighted by atomic mass is 15.3. The molecule has 0 radical (unpaired) electrons. The predicted molar refractivity (Wildman–Crippen MR) is 132 cm³/mol. The van der Waals surface area contributed by atoms with Gasteiger partial charge in [-0.3, -0.25) is 0 Å². The SMILES string of the molecule is C=CB1N(C(C)C)B(C=C)N(C(C)C)B(C=C)N(C(C)C)B(C=C)N1C(C)C. The third kappa shape index (κ3) is 4.79. The lowest BCUT2D eigenvalue weighted by atomic mass is 9.41. The fourth-order valence-electron chi connectivity index (χ4n) is 4.66. The molecule has 1 aliphatic rings.